The first-order valence-corrected chi connectivity index (χ1v) is 5.53. The zero-order valence-corrected chi connectivity index (χ0v) is 9.16. The van der Waals surface area contributed by atoms with E-state index in [1.165, 1.54) is 5.56 Å². The van der Waals surface area contributed by atoms with Gasteiger partial charge in [0.2, 0.25) is 0 Å². The summed E-state index contributed by atoms with van der Waals surface area (Å²) in [5, 5.41) is 3.39. The van der Waals surface area contributed by atoms with Gasteiger partial charge in [-0.2, -0.15) is 0 Å². The standard InChI is InChI=1S/C14H13NO/c1-2-10-7-8-14-12(9-10)15-11-5-3-4-6-13(11)16-14/h3-9,15H,2H2,1H3. The second kappa shape index (κ2) is 3.56. The molecule has 0 unspecified atom stereocenters. The molecule has 0 aromatic heterocycles. The van der Waals surface area contributed by atoms with E-state index in [1.54, 1.807) is 0 Å². The Morgan fingerprint density at radius 1 is 1.00 bits per heavy atom. The Bertz CT molecular complexity index is 534. The number of benzene rings is 2. The molecule has 0 amide bonds. The van der Waals surface area contributed by atoms with Crippen LogP contribution in [0.1, 0.15) is 12.5 Å². The van der Waals surface area contributed by atoms with Crippen molar-refractivity contribution < 1.29 is 4.74 Å². The fraction of sp³-hybridized carbons (Fsp3) is 0.143. The lowest BCUT2D eigenvalue weighted by atomic mass is 10.1. The van der Waals surface area contributed by atoms with Crippen LogP contribution in [0.3, 0.4) is 0 Å². The summed E-state index contributed by atoms with van der Waals surface area (Å²) in [7, 11) is 0. The number of ether oxygens (including phenoxy) is 1. The van der Waals surface area contributed by atoms with Gasteiger partial charge in [0, 0.05) is 0 Å². The third-order valence-electron chi connectivity index (χ3n) is 2.83. The van der Waals surface area contributed by atoms with E-state index in [4.69, 9.17) is 4.74 Å². The highest BCUT2D eigenvalue weighted by molar-refractivity contribution is 5.75. The molecule has 16 heavy (non-hydrogen) atoms. The number of nitrogens with one attached hydrogen (secondary N) is 1. The number of anilines is 2. The maximum absolute atomic E-state index is 5.81. The van der Waals surface area contributed by atoms with Crippen LogP contribution < -0.4 is 10.1 Å². The molecule has 0 radical (unpaired) electrons. The first-order valence-electron chi connectivity index (χ1n) is 5.53. The van der Waals surface area contributed by atoms with Gasteiger partial charge in [0.15, 0.2) is 11.5 Å². The summed E-state index contributed by atoms with van der Waals surface area (Å²) in [6, 6.07) is 14.3. The minimum Gasteiger partial charge on any atom is -0.453 e. The Kier molecular flexibility index (Phi) is 2.07. The molecule has 1 heterocycles. The molecule has 2 aromatic carbocycles. The van der Waals surface area contributed by atoms with Crippen LogP contribution in [0.25, 0.3) is 0 Å². The van der Waals surface area contributed by atoms with Crippen molar-refractivity contribution in [2.45, 2.75) is 13.3 Å². The van der Waals surface area contributed by atoms with Crippen molar-refractivity contribution >= 4 is 11.4 Å². The fourth-order valence-corrected chi connectivity index (χ4v) is 1.91. The van der Waals surface area contributed by atoms with Crippen molar-refractivity contribution in [3.05, 3.63) is 48.0 Å². The smallest absolute Gasteiger partial charge is 0.150 e. The van der Waals surface area contributed by atoms with Crippen LogP contribution in [0.5, 0.6) is 11.5 Å². The monoisotopic (exact) mass is 211 g/mol. The molecule has 2 aromatic rings. The molecule has 2 heteroatoms. The van der Waals surface area contributed by atoms with Gasteiger partial charge < -0.3 is 10.1 Å². The number of para-hydroxylation sites is 2. The normalized spacial score (nSPS) is 12.1. The van der Waals surface area contributed by atoms with Crippen molar-refractivity contribution in [1.82, 2.24) is 0 Å². The third-order valence-corrected chi connectivity index (χ3v) is 2.83. The van der Waals surface area contributed by atoms with E-state index in [9.17, 15) is 0 Å². The van der Waals surface area contributed by atoms with Gasteiger partial charge >= 0.3 is 0 Å². The van der Waals surface area contributed by atoms with E-state index < -0.39 is 0 Å². The molecule has 1 aliphatic heterocycles. The molecule has 2 nitrogen and oxygen atoms in total. The van der Waals surface area contributed by atoms with Crippen LogP contribution in [0.15, 0.2) is 42.5 Å². The zero-order chi connectivity index (χ0) is 11.0. The first kappa shape index (κ1) is 9.28. The molecule has 0 saturated carbocycles. The average Bonchev–Trinajstić information content (AvgIpc) is 2.35. The number of hydrogen-bond acceptors (Lipinski definition) is 2. The minimum atomic E-state index is 0.888. The molecule has 0 fully saturated rings. The Morgan fingerprint density at radius 3 is 2.69 bits per heavy atom. The van der Waals surface area contributed by atoms with Gasteiger partial charge in [0.25, 0.3) is 0 Å². The Morgan fingerprint density at radius 2 is 1.81 bits per heavy atom. The quantitative estimate of drug-likeness (QED) is 0.654. The maximum atomic E-state index is 5.81. The molecule has 3 rings (SSSR count). The van der Waals surface area contributed by atoms with Crippen molar-refractivity contribution in [2.24, 2.45) is 0 Å². The van der Waals surface area contributed by atoms with Gasteiger partial charge in [-0.3, -0.25) is 0 Å². The molecular formula is C14H13NO. The van der Waals surface area contributed by atoms with Gasteiger partial charge in [0.1, 0.15) is 0 Å². The van der Waals surface area contributed by atoms with E-state index in [-0.39, 0.29) is 0 Å². The Balaban J connectivity index is 2.05. The predicted octanol–water partition coefficient (Wildman–Crippen LogP) is 4.10. The van der Waals surface area contributed by atoms with Crippen LogP contribution in [-0.4, -0.2) is 0 Å². The van der Waals surface area contributed by atoms with Crippen LogP contribution >= 0.6 is 0 Å². The highest BCUT2D eigenvalue weighted by Gasteiger charge is 2.15. The SMILES string of the molecule is CCc1ccc2c(c1)Nc1ccccc1O2. The van der Waals surface area contributed by atoms with E-state index in [2.05, 4.69) is 24.4 Å². The lowest BCUT2D eigenvalue weighted by Crippen LogP contribution is -2.02. The van der Waals surface area contributed by atoms with Crippen LogP contribution in [0.4, 0.5) is 11.4 Å². The van der Waals surface area contributed by atoms with Crippen molar-refractivity contribution in [2.75, 3.05) is 5.32 Å². The molecule has 0 aliphatic carbocycles. The summed E-state index contributed by atoms with van der Waals surface area (Å²) in [5.74, 6) is 1.79. The summed E-state index contributed by atoms with van der Waals surface area (Å²) in [6.07, 6.45) is 1.04. The number of rotatable bonds is 1. The van der Waals surface area contributed by atoms with Gasteiger partial charge in [-0.1, -0.05) is 25.1 Å². The lowest BCUT2D eigenvalue weighted by Gasteiger charge is -2.22. The highest BCUT2D eigenvalue weighted by atomic mass is 16.5. The molecular weight excluding hydrogens is 198 g/mol. The molecule has 1 N–H and O–H groups in total. The molecule has 0 saturated heterocycles. The summed E-state index contributed by atoms with van der Waals surface area (Å²) in [4.78, 5) is 0. The van der Waals surface area contributed by atoms with E-state index in [0.29, 0.717) is 0 Å². The zero-order valence-electron chi connectivity index (χ0n) is 9.16. The van der Waals surface area contributed by atoms with Gasteiger partial charge in [-0.05, 0) is 36.2 Å². The van der Waals surface area contributed by atoms with Crippen LogP contribution in [0, 0.1) is 0 Å². The molecule has 0 spiro atoms. The lowest BCUT2D eigenvalue weighted by molar-refractivity contribution is 0.481. The van der Waals surface area contributed by atoms with E-state index >= 15 is 0 Å². The Hall–Kier alpha value is -1.96. The van der Waals surface area contributed by atoms with Gasteiger partial charge in [-0.15, -0.1) is 0 Å². The highest BCUT2D eigenvalue weighted by Crippen LogP contribution is 2.41. The van der Waals surface area contributed by atoms with Crippen molar-refractivity contribution in [3.63, 3.8) is 0 Å². The fourth-order valence-electron chi connectivity index (χ4n) is 1.91. The van der Waals surface area contributed by atoms with Crippen LogP contribution in [-0.2, 0) is 6.42 Å². The second-order valence-corrected chi connectivity index (χ2v) is 3.91. The second-order valence-electron chi connectivity index (χ2n) is 3.91. The molecule has 80 valence electrons. The molecule has 0 bridgehead atoms. The van der Waals surface area contributed by atoms with Crippen molar-refractivity contribution in [3.8, 4) is 11.5 Å². The van der Waals surface area contributed by atoms with Gasteiger partial charge in [0.05, 0.1) is 11.4 Å². The first-order chi connectivity index (χ1) is 7.86. The summed E-state index contributed by atoms with van der Waals surface area (Å²) >= 11 is 0. The Labute approximate surface area is 94.9 Å². The summed E-state index contributed by atoms with van der Waals surface area (Å²) < 4.78 is 5.81. The largest absolute Gasteiger partial charge is 0.453 e. The summed E-state index contributed by atoms with van der Waals surface area (Å²) in [5.41, 5.74) is 3.40. The molecule has 1 aliphatic rings. The number of aryl methyl sites for hydroxylation is 1. The maximum Gasteiger partial charge on any atom is 0.150 e. The molecule has 0 atom stereocenters. The van der Waals surface area contributed by atoms with E-state index in [0.717, 1.165) is 29.3 Å². The average molecular weight is 211 g/mol. The van der Waals surface area contributed by atoms with Gasteiger partial charge in [-0.25, -0.2) is 0 Å². The summed E-state index contributed by atoms with van der Waals surface area (Å²) in [6.45, 7) is 2.15. The third kappa shape index (κ3) is 1.43. The van der Waals surface area contributed by atoms with E-state index in [1.807, 2.05) is 30.3 Å². The number of hydrogen-bond donors (Lipinski definition) is 1. The number of fused-ring (bicyclic) bond motifs is 2. The predicted molar refractivity (Wildman–Crippen MR) is 65.6 cm³/mol. The topological polar surface area (TPSA) is 21.3 Å². The minimum absolute atomic E-state index is 0.888. The van der Waals surface area contributed by atoms with Crippen LogP contribution in [0.2, 0.25) is 0 Å². The van der Waals surface area contributed by atoms with Crippen molar-refractivity contribution in [1.29, 1.82) is 0 Å².